The molecule has 1 atom stereocenters. The fourth-order valence-electron chi connectivity index (χ4n) is 1.79. The van der Waals surface area contributed by atoms with E-state index in [1.807, 2.05) is 12.1 Å². The van der Waals surface area contributed by atoms with Gasteiger partial charge < -0.3 is 5.11 Å². The molecule has 0 aliphatic carbocycles. The maximum atomic E-state index is 9.12. The third-order valence-corrected chi connectivity index (χ3v) is 2.91. The molecule has 0 amide bonds. The van der Waals surface area contributed by atoms with Crippen molar-refractivity contribution in [2.24, 2.45) is 0 Å². The van der Waals surface area contributed by atoms with E-state index in [-0.39, 0.29) is 0 Å². The summed E-state index contributed by atoms with van der Waals surface area (Å²) in [5, 5.41) is 9.44. The Morgan fingerprint density at radius 2 is 2.07 bits per heavy atom. The molecule has 1 fully saturated rings. The lowest BCUT2D eigenvalue weighted by molar-refractivity contribution is 0.332. The molecule has 1 heterocycles. The molecule has 14 heavy (non-hydrogen) atoms. The van der Waals surface area contributed by atoms with Gasteiger partial charge in [0, 0.05) is 18.5 Å². The number of likely N-dealkylation sites (tertiary alicyclic amines) is 1. The predicted molar refractivity (Wildman–Crippen MR) is 57.6 cm³/mol. The van der Waals surface area contributed by atoms with Gasteiger partial charge in [-0.1, -0.05) is 12.1 Å². The fraction of sp³-hybridized carbons (Fsp3) is 0.455. The summed E-state index contributed by atoms with van der Waals surface area (Å²) in [7, 11) is 0. The van der Waals surface area contributed by atoms with Crippen LogP contribution >= 0.6 is 11.6 Å². The molecular formula is C11H14ClNO. The average molecular weight is 212 g/mol. The van der Waals surface area contributed by atoms with Crippen LogP contribution in [0.15, 0.2) is 24.3 Å². The molecule has 2 rings (SSSR count). The highest BCUT2D eigenvalue weighted by molar-refractivity contribution is 6.20. The number of aromatic hydroxyl groups is 1. The van der Waals surface area contributed by atoms with Crippen molar-refractivity contribution in [3.8, 4) is 5.75 Å². The van der Waals surface area contributed by atoms with Crippen molar-refractivity contribution < 1.29 is 5.11 Å². The Morgan fingerprint density at radius 1 is 1.36 bits per heavy atom. The van der Waals surface area contributed by atoms with Gasteiger partial charge in [-0.2, -0.15) is 0 Å². The van der Waals surface area contributed by atoms with E-state index in [1.54, 1.807) is 12.1 Å². The monoisotopic (exact) mass is 211 g/mol. The molecule has 1 aliphatic heterocycles. The minimum Gasteiger partial charge on any atom is -0.508 e. The highest BCUT2D eigenvalue weighted by atomic mass is 35.5. The summed E-state index contributed by atoms with van der Waals surface area (Å²) in [6, 6.07) is 7.36. The molecule has 0 aromatic heterocycles. The Morgan fingerprint density at radius 3 is 2.64 bits per heavy atom. The van der Waals surface area contributed by atoms with Crippen molar-refractivity contribution in [3.63, 3.8) is 0 Å². The number of phenolic OH excluding ortho intramolecular Hbond substituents is 1. The van der Waals surface area contributed by atoms with Crippen LogP contribution in [0.5, 0.6) is 5.75 Å². The molecule has 0 radical (unpaired) electrons. The molecule has 1 aromatic rings. The van der Waals surface area contributed by atoms with Crippen LogP contribution in [-0.4, -0.2) is 28.5 Å². The maximum absolute atomic E-state index is 9.12. The van der Waals surface area contributed by atoms with Crippen LogP contribution in [0.2, 0.25) is 0 Å². The Hall–Kier alpha value is -0.730. The standard InChI is InChI=1S/C11H14ClNO/c12-10-5-6-13(8-10)7-9-1-3-11(14)4-2-9/h1-4,10,14H,5-8H2. The molecule has 0 bridgehead atoms. The SMILES string of the molecule is Oc1ccc(CN2CCC(Cl)C2)cc1. The Balaban J connectivity index is 1.94. The van der Waals surface area contributed by atoms with Gasteiger partial charge >= 0.3 is 0 Å². The number of nitrogens with zero attached hydrogens (tertiary/aromatic N) is 1. The van der Waals surface area contributed by atoms with E-state index in [1.165, 1.54) is 5.56 Å². The first kappa shape index (κ1) is 9.81. The van der Waals surface area contributed by atoms with Gasteiger partial charge in [0.2, 0.25) is 0 Å². The van der Waals surface area contributed by atoms with Crippen molar-refractivity contribution in [1.82, 2.24) is 4.90 Å². The Labute approximate surface area is 89.1 Å². The molecule has 3 heteroatoms. The lowest BCUT2D eigenvalue weighted by atomic mass is 10.2. The van der Waals surface area contributed by atoms with E-state index in [0.29, 0.717) is 11.1 Å². The number of hydrogen-bond donors (Lipinski definition) is 1. The van der Waals surface area contributed by atoms with Gasteiger partial charge in [-0.05, 0) is 30.7 Å². The van der Waals surface area contributed by atoms with Crippen molar-refractivity contribution in [2.45, 2.75) is 18.3 Å². The van der Waals surface area contributed by atoms with Crippen LogP contribution in [0.3, 0.4) is 0 Å². The van der Waals surface area contributed by atoms with Crippen LogP contribution in [-0.2, 0) is 6.54 Å². The van der Waals surface area contributed by atoms with Gasteiger partial charge in [-0.3, -0.25) is 4.90 Å². The second-order valence-electron chi connectivity index (χ2n) is 3.79. The van der Waals surface area contributed by atoms with E-state index in [0.717, 1.165) is 26.1 Å². The van der Waals surface area contributed by atoms with E-state index >= 15 is 0 Å². The highest BCUT2D eigenvalue weighted by Gasteiger charge is 2.19. The summed E-state index contributed by atoms with van der Waals surface area (Å²) in [5.41, 5.74) is 1.23. The third kappa shape index (κ3) is 2.40. The van der Waals surface area contributed by atoms with Gasteiger partial charge in [-0.25, -0.2) is 0 Å². The summed E-state index contributed by atoms with van der Waals surface area (Å²) >= 11 is 6.02. The number of rotatable bonds is 2. The molecule has 1 N–H and O–H groups in total. The second-order valence-corrected chi connectivity index (χ2v) is 4.40. The topological polar surface area (TPSA) is 23.5 Å². The van der Waals surface area contributed by atoms with Gasteiger partial charge in [0.05, 0.1) is 0 Å². The minimum atomic E-state index is 0.312. The van der Waals surface area contributed by atoms with Crippen molar-refractivity contribution >= 4 is 11.6 Å². The zero-order valence-corrected chi connectivity index (χ0v) is 8.74. The van der Waals surface area contributed by atoms with Gasteiger partial charge in [0.1, 0.15) is 5.75 Å². The molecular weight excluding hydrogens is 198 g/mol. The molecule has 2 nitrogen and oxygen atoms in total. The largest absolute Gasteiger partial charge is 0.508 e. The second kappa shape index (κ2) is 4.20. The first-order valence-corrected chi connectivity index (χ1v) is 5.32. The summed E-state index contributed by atoms with van der Waals surface area (Å²) < 4.78 is 0. The number of hydrogen-bond acceptors (Lipinski definition) is 2. The number of alkyl halides is 1. The van der Waals surface area contributed by atoms with Crippen LogP contribution in [0.4, 0.5) is 0 Å². The normalized spacial score (nSPS) is 22.8. The van der Waals surface area contributed by atoms with Crippen LogP contribution < -0.4 is 0 Å². The highest BCUT2D eigenvalue weighted by Crippen LogP contribution is 2.18. The van der Waals surface area contributed by atoms with E-state index in [2.05, 4.69) is 4.90 Å². The van der Waals surface area contributed by atoms with Gasteiger partial charge in [0.25, 0.3) is 0 Å². The number of benzene rings is 1. The third-order valence-electron chi connectivity index (χ3n) is 2.56. The summed E-state index contributed by atoms with van der Waals surface area (Å²) in [6.07, 6.45) is 1.08. The van der Waals surface area contributed by atoms with E-state index in [4.69, 9.17) is 16.7 Å². The zero-order valence-electron chi connectivity index (χ0n) is 7.99. The van der Waals surface area contributed by atoms with Crippen LogP contribution in [0, 0.1) is 0 Å². The Kier molecular flexibility index (Phi) is 2.94. The smallest absolute Gasteiger partial charge is 0.115 e. The van der Waals surface area contributed by atoms with E-state index < -0.39 is 0 Å². The molecule has 0 spiro atoms. The molecule has 0 saturated carbocycles. The summed E-state index contributed by atoms with van der Waals surface area (Å²) in [5.74, 6) is 0.324. The molecule has 1 unspecified atom stereocenters. The number of halogens is 1. The van der Waals surface area contributed by atoms with Crippen molar-refractivity contribution in [3.05, 3.63) is 29.8 Å². The first-order chi connectivity index (χ1) is 6.74. The average Bonchev–Trinajstić information content (AvgIpc) is 2.56. The molecule has 1 saturated heterocycles. The maximum Gasteiger partial charge on any atom is 0.115 e. The summed E-state index contributed by atoms with van der Waals surface area (Å²) in [4.78, 5) is 2.34. The van der Waals surface area contributed by atoms with Gasteiger partial charge in [0.15, 0.2) is 0 Å². The van der Waals surface area contributed by atoms with Crippen molar-refractivity contribution in [1.29, 1.82) is 0 Å². The lowest BCUT2D eigenvalue weighted by Crippen LogP contribution is -2.19. The fourth-order valence-corrected chi connectivity index (χ4v) is 2.08. The lowest BCUT2D eigenvalue weighted by Gasteiger charge is -2.14. The van der Waals surface area contributed by atoms with Crippen LogP contribution in [0.25, 0.3) is 0 Å². The minimum absolute atomic E-state index is 0.312. The molecule has 1 aliphatic rings. The quantitative estimate of drug-likeness (QED) is 0.759. The van der Waals surface area contributed by atoms with Gasteiger partial charge in [-0.15, -0.1) is 11.6 Å². The van der Waals surface area contributed by atoms with Crippen molar-refractivity contribution in [2.75, 3.05) is 13.1 Å². The van der Waals surface area contributed by atoms with Crippen LogP contribution in [0.1, 0.15) is 12.0 Å². The van der Waals surface area contributed by atoms with E-state index in [9.17, 15) is 0 Å². The zero-order chi connectivity index (χ0) is 9.97. The Bertz CT molecular complexity index is 299. The summed E-state index contributed by atoms with van der Waals surface area (Å²) in [6.45, 7) is 2.99. The predicted octanol–water partition coefficient (Wildman–Crippen LogP) is 2.21. The number of phenols is 1. The first-order valence-electron chi connectivity index (χ1n) is 4.88. The molecule has 76 valence electrons. The molecule has 1 aromatic carbocycles.